The quantitative estimate of drug-likeness (QED) is 0.839. The van der Waals surface area contributed by atoms with Crippen LogP contribution >= 0.6 is 0 Å². The summed E-state index contributed by atoms with van der Waals surface area (Å²) >= 11 is 0. The van der Waals surface area contributed by atoms with E-state index in [-0.39, 0.29) is 12.2 Å². The molecule has 0 radical (unpaired) electrons. The highest BCUT2D eigenvalue weighted by Gasteiger charge is 2.40. The molecule has 2 aliphatic carbocycles. The summed E-state index contributed by atoms with van der Waals surface area (Å²) in [7, 11) is 0. The second kappa shape index (κ2) is 6.83. The predicted molar refractivity (Wildman–Crippen MR) is 113 cm³/mol. The lowest BCUT2D eigenvalue weighted by Gasteiger charge is -2.35. The Hall–Kier alpha value is -2.95. The van der Waals surface area contributed by atoms with Crippen molar-refractivity contribution in [3.8, 4) is 5.75 Å². The van der Waals surface area contributed by atoms with E-state index in [4.69, 9.17) is 4.74 Å². The average molecular weight is 386 g/mol. The van der Waals surface area contributed by atoms with Crippen LogP contribution in [0.3, 0.4) is 0 Å². The second-order valence-corrected chi connectivity index (χ2v) is 7.97. The summed E-state index contributed by atoms with van der Waals surface area (Å²) in [6, 6.07) is 12.2. The van der Waals surface area contributed by atoms with Gasteiger partial charge in [0.2, 0.25) is 0 Å². The molecule has 0 atom stereocenters. The molecular formula is C25H22O4. The van der Waals surface area contributed by atoms with Crippen LogP contribution in [0.1, 0.15) is 45.5 Å². The Labute approximate surface area is 169 Å². The third-order valence-corrected chi connectivity index (χ3v) is 6.02. The van der Waals surface area contributed by atoms with Gasteiger partial charge in [0.25, 0.3) is 0 Å². The molecule has 29 heavy (non-hydrogen) atoms. The van der Waals surface area contributed by atoms with Crippen molar-refractivity contribution in [2.24, 2.45) is 0 Å². The number of carbonyl (C=O) groups excluding carboxylic acids is 1. The van der Waals surface area contributed by atoms with Crippen LogP contribution in [0.4, 0.5) is 0 Å². The molecule has 0 saturated carbocycles. The molecule has 2 N–H and O–H groups in total. The maximum Gasteiger partial charge on any atom is 0.170 e. The van der Waals surface area contributed by atoms with Gasteiger partial charge in [-0.3, -0.25) is 4.79 Å². The van der Waals surface area contributed by atoms with Gasteiger partial charge in [-0.05, 0) is 64.4 Å². The van der Waals surface area contributed by atoms with Crippen molar-refractivity contribution in [1.29, 1.82) is 0 Å². The molecule has 0 fully saturated rings. The molecule has 0 amide bonds. The molecule has 1 heterocycles. The smallest absolute Gasteiger partial charge is 0.170 e. The Morgan fingerprint density at radius 1 is 1.00 bits per heavy atom. The minimum Gasteiger partial charge on any atom is -0.481 e. The summed E-state index contributed by atoms with van der Waals surface area (Å²) in [5, 5.41) is 19.1. The van der Waals surface area contributed by atoms with Crippen LogP contribution in [0.25, 0.3) is 17.2 Å². The maximum absolute atomic E-state index is 12.6. The van der Waals surface area contributed by atoms with Crippen molar-refractivity contribution in [3.05, 3.63) is 82.4 Å². The number of Topliss-reactive ketones (excluding diaryl/α,β-unsaturated/α-hetero) is 1. The van der Waals surface area contributed by atoms with Crippen LogP contribution in [0.5, 0.6) is 5.75 Å². The van der Waals surface area contributed by atoms with Gasteiger partial charge < -0.3 is 14.9 Å². The third-order valence-electron chi connectivity index (χ3n) is 6.02. The number of aliphatic hydroxyl groups excluding tert-OH is 2. The summed E-state index contributed by atoms with van der Waals surface area (Å²) in [5.74, 6) is 0.304. The van der Waals surface area contributed by atoms with Gasteiger partial charge in [-0.25, -0.2) is 0 Å². The minimum atomic E-state index is -1.23. The van der Waals surface area contributed by atoms with E-state index in [0.29, 0.717) is 11.3 Å². The summed E-state index contributed by atoms with van der Waals surface area (Å²) < 4.78 is 5.78. The first-order valence-electron chi connectivity index (χ1n) is 9.90. The Bertz CT molecular complexity index is 1100. The number of carbonyl (C=O) groups is 1. The fourth-order valence-electron chi connectivity index (χ4n) is 4.28. The number of ketones is 1. The van der Waals surface area contributed by atoms with Crippen molar-refractivity contribution >= 4 is 23.0 Å². The Balaban J connectivity index is 1.43. The van der Waals surface area contributed by atoms with Crippen molar-refractivity contribution < 1.29 is 19.7 Å². The molecule has 2 aromatic rings. The van der Waals surface area contributed by atoms with Crippen molar-refractivity contribution in [3.63, 3.8) is 0 Å². The van der Waals surface area contributed by atoms with Crippen LogP contribution in [-0.4, -0.2) is 34.8 Å². The number of ether oxygens (including phenoxy) is 1. The lowest BCUT2D eigenvalue weighted by atomic mass is 9.89. The number of hydrogen-bond donors (Lipinski definition) is 2. The zero-order valence-corrected chi connectivity index (χ0v) is 16.0. The summed E-state index contributed by atoms with van der Waals surface area (Å²) in [4.78, 5) is 12.6. The molecule has 4 nitrogen and oxygen atoms in total. The molecule has 0 spiro atoms. The van der Waals surface area contributed by atoms with Crippen LogP contribution < -0.4 is 4.74 Å². The highest BCUT2D eigenvalue weighted by molar-refractivity contribution is 6.01. The molecule has 2 aromatic carbocycles. The molecule has 3 aliphatic rings. The maximum atomic E-state index is 12.6. The predicted octanol–water partition coefficient (Wildman–Crippen LogP) is 3.82. The Kier molecular flexibility index (Phi) is 4.26. The van der Waals surface area contributed by atoms with E-state index >= 15 is 0 Å². The van der Waals surface area contributed by atoms with Crippen LogP contribution in [-0.2, 0) is 6.42 Å². The molecular weight excluding hydrogens is 364 g/mol. The van der Waals surface area contributed by atoms with E-state index in [2.05, 4.69) is 42.5 Å². The largest absolute Gasteiger partial charge is 0.481 e. The molecule has 0 aromatic heterocycles. The summed E-state index contributed by atoms with van der Waals surface area (Å²) in [6.07, 6.45) is 10.6. The van der Waals surface area contributed by atoms with Gasteiger partial charge in [-0.15, -0.1) is 0 Å². The monoisotopic (exact) mass is 386 g/mol. The summed E-state index contributed by atoms with van der Waals surface area (Å²) in [5.41, 5.74) is 6.50. The number of rotatable bonds is 4. The molecule has 0 saturated heterocycles. The normalized spacial score (nSPS) is 18.8. The fraction of sp³-hybridized carbons (Fsp3) is 0.240. The lowest BCUT2D eigenvalue weighted by molar-refractivity contribution is -0.0403. The summed E-state index contributed by atoms with van der Waals surface area (Å²) in [6.45, 7) is -0.796. The molecule has 0 bridgehead atoms. The zero-order valence-electron chi connectivity index (χ0n) is 16.0. The van der Waals surface area contributed by atoms with Crippen molar-refractivity contribution in [2.75, 3.05) is 13.2 Å². The Morgan fingerprint density at radius 2 is 1.83 bits per heavy atom. The van der Waals surface area contributed by atoms with E-state index in [9.17, 15) is 15.0 Å². The molecule has 1 aliphatic heterocycles. The number of allylic oxidation sites excluding steroid dienone is 5. The van der Waals surface area contributed by atoms with E-state index in [0.717, 1.165) is 24.0 Å². The highest BCUT2D eigenvalue weighted by atomic mass is 16.5. The van der Waals surface area contributed by atoms with Crippen LogP contribution in [0.15, 0.2) is 54.6 Å². The number of benzene rings is 2. The third kappa shape index (κ3) is 3.05. The van der Waals surface area contributed by atoms with Gasteiger partial charge in [0.1, 0.15) is 5.75 Å². The molecule has 4 heteroatoms. The lowest BCUT2D eigenvalue weighted by Crippen LogP contribution is -2.48. The first kappa shape index (κ1) is 18.1. The first-order chi connectivity index (χ1) is 14.1. The van der Waals surface area contributed by atoms with Crippen LogP contribution in [0.2, 0.25) is 0 Å². The number of hydrogen-bond acceptors (Lipinski definition) is 4. The number of aliphatic hydroxyl groups is 2. The van der Waals surface area contributed by atoms with Gasteiger partial charge in [0.05, 0.1) is 25.2 Å². The van der Waals surface area contributed by atoms with E-state index in [1.165, 1.54) is 22.3 Å². The average Bonchev–Trinajstić information content (AvgIpc) is 3.42. The first-order valence-corrected chi connectivity index (χ1v) is 9.90. The highest BCUT2D eigenvalue weighted by Crippen LogP contribution is 2.38. The van der Waals surface area contributed by atoms with Crippen LogP contribution in [0, 0.1) is 0 Å². The van der Waals surface area contributed by atoms with Crippen molar-refractivity contribution in [2.45, 2.75) is 24.9 Å². The Morgan fingerprint density at radius 3 is 2.66 bits per heavy atom. The van der Waals surface area contributed by atoms with Gasteiger partial charge in [0, 0.05) is 0 Å². The van der Waals surface area contributed by atoms with E-state index in [1.54, 1.807) is 6.07 Å². The van der Waals surface area contributed by atoms with E-state index < -0.39 is 18.8 Å². The standard InChI is InChI=1S/C25H22O4/c26-14-25(15-27)13-23(28)22-12-21(8-9-24(22)29-25)20-7-6-19(11-20)18-5-4-16-2-1-3-17(16)10-18/h1,3-6,8-12,26-27H,2,7,13-15H2. The van der Waals surface area contributed by atoms with Crippen molar-refractivity contribution in [1.82, 2.24) is 0 Å². The van der Waals surface area contributed by atoms with Gasteiger partial charge in [-0.2, -0.15) is 0 Å². The topological polar surface area (TPSA) is 66.8 Å². The van der Waals surface area contributed by atoms with Gasteiger partial charge >= 0.3 is 0 Å². The number of fused-ring (bicyclic) bond motifs is 2. The van der Waals surface area contributed by atoms with E-state index in [1.807, 2.05) is 12.1 Å². The second-order valence-electron chi connectivity index (χ2n) is 7.97. The van der Waals surface area contributed by atoms with Gasteiger partial charge in [-0.1, -0.05) is 42.5 Å². The SMILES string of the molecule is O=C1CC(CO)(CO)Oc2ccc(C3=CC(c4ccc5c(c4)C=CC5)=CC3)cc21. The molecule has 0 unspecified atom stereocenters. The molecule has 5 rings (SSSR count). The molecule has 146 valence electrons. The fourth-order valence-corrected chi connectivity index (χ4v) is 4.28. The zero-order chi connectivity index (χ0) is 20.0. The minimum absolute atomic E-state index is 0.0261. The van der Waals surface area contributed by atoms with Gasteiger partial charge in [0.15, 0.2) is 11.4 Å².